The quantitative estimate of drug-likeness (QED) is 0.607. The van der Waals surface area contributed by atoms with Gasteiger partial charge in [0, 0.05) is 30.6 Å². The van der Waals surface area contributed by atoms with Crippen molar-refractivity contribution in [1.29, 1.82) is 0 Å². The molecule has 2 heterocycles. The van der Waals surface area contributed by atoms with Crippen molar-refractivity contribution in [2.24, 2.45) is 5.92 Å². The molecule has 0 unspecified atom stereocenters. The van der Waals surface area contributed by atoms with E-state index in [0.717, 1.165) is 5.56 Å². The van der Waals surface area contributed by atoms with Crippen LogP contribution < -0.4 is 9.47 Å². The van der Waals surface area contributed by atoms with Crippen molar-refractivity contribution >= 4 is 5.91 Å². The number of hydrogen-bond donors (Lipinski definition) is 0. The summed E-state index contributed by atoms with van der Waals surface area (Å²) in [6, 6.07) is 14.8. The number of benzene rings is 2. The minimum atomic E-state index is 0.00908. The van der Waals surface area contributed by atoms with Gasteiger partial charge in [0.15, 0.2) is 11.5 Å². The van der Waals surface area contributed by atoms with Crippen LogP contribution in [0.2, 0.25) is 0 Å². The maximum atomic E-state index is 12.9. The minimum absolute atomic E-state index is 0.00908. The number of nitrogens with zero attached hydrogens (tertiary/aromatic N) is 3. The van der Waals surface area contributed by atoms with Crippen LogP contribution in [0.1, 0.15) is 30.1 Å². The van der Waals surface area contributed by atoms with Crippen molar-refractivity contribution < 1.29 is 18.8 Å². The van der Waals surface area contributed by atoms with E-state index in [1.54, 1.807) is 0 Å². The first-order chi connectivity index (χ1) is 14.1. The van der Waals surface area contributed by atoms with Crippen molar-refractivity contribution in [2.75, 3.05) is 19.9 Å². The monoisotopic (exact) mass is 393 g/mol. The number of fused-ring (bicyclic) bond motifs is 1. The van der Waals surface area contributed by atoms with Gasteiger partial charge in [-0.1, -0.05) is 37.2 Å². The first-order valence-electron chi connectivity index (χ1n) is 9.67. The Balaban J connectivity index is 1.45. The van der Waals surface area contributed by atoms with Crippen LogP contribution in [0.5, 0.6) is 11.5 Å². The van der Waals surface area contributed by atoms with Gasteiger partial charge in [-0.15, -0.1) is 0 Å². The van der Waals surface area contributed by atoms with Crippen LogP contribution in [-0.4, -0.2) is 40.8 Å². The fourth-order valence-electron chi connectivity index (χ4n) is 3.22. The average molecular weight is 393 g/mol. The van der Waals surface area contributed by atoms with Crippen LogP contribution in [0.4, 0.5) is 0 Å². The largest absolute Gasteiger partial charge is 0.454 e. The zero-order valence-corrected chi connectivity index (χ0v) is 16.5. The fourth-order valence-corrected chi connectivity index (χ4v) is 3.22. The van der Waals surface area contributed by atoms with Gasteiger partial charge in [0.05, 0.1) is 0 Å². The summed E-state index contributed by atoms with van der Waals surface area (Å²) in [6.07, 6.45) is 0.489. The number of amides is 1. The number of ether oxygens (including phenoxy) is 2. The highest BCUT2D eigenvalue weighted by molar-refractivity contribution is 5.94. The lowest BCUT2D eigenvalue weighted by Crippen LogP contribution is -2.36. The summed E-state index contributed by atoms with van der Waals surface area (Å²) >= 11 is 0. The minimum Gasteiger partial charge on any atom is -0.454 e. The first kappa shape index (κ1) is 19.0. The second kappa shape index (κ2) is 8.34. The van der Waals surface area contributed by atoms with Crippen LogP contribution >= 0.6 is 0 Å². The lowest BCUT2D eigenvalue weighted by atomic mass is 10.1. The van der Waals surface area contributed by atoms with Crippen LogP contribution in [-0.2, 0) is 6.42 Å². The van der Waals surface area contributed by atoms with Gasteiger partial charge in [-0.3, -0.25) is 4.79 Å². The van der Waals surface area contributed by atoms with Crippen LogP contribution in [0.15, 0.2) is 53.1 Å². The summed E-state index contributed by atoms with van der Waals surface area (Å²) in [5.41, 5.74) is 1.48. The first-order valence-corrected chi connectivity index (χ1v) is 9.67. The molecule has 0 atom stereocenters. The summed E-state index contributed by atoms with van der Waals surface area (Å²) in [5, 5.41) is 4.07. The molecule has 7 heteroatoms. The van der Waals surface area contributed by atoms with E-state index in [1.807, 2.05) is 53.4 Å². The summed E-state index contributed by atoms with van der Waals surface area (Å²) in [7, 11) is 0. The van der Waals surface area contributed by atoms with Gasteiger partial charge in [0.25, 0.3) is 5.91 Å². The van der Waals surface area contributed by atoms with Crippen molar-refractivity contribution in [3.8, 4) is 22.9 Å². The molecule has 0 bridgehead atoms. The summed E-state index contributed by atoms with van der Waals surface area (Å²) < 4.78 is 16.1. The second-order valence-electron chi connectivity index (χ2n) is 7.34. The van der Waals surface area contributed by atoms with E-state index in [2.05, 4.69) is 24.0 Å². The summed E-state index contributed by atoms with van der Waals surface area (Å²) in [6.45, 7) is 5.58. The number of hydrogen-bond acceptors (Lipinski definition) is 6. The number of rotatable bonds is 7. The number of aromatic nitrogens is 2. The van der Waals surface area contributed by atoms with Crippen molar-refractivity contribution in [3.63, 3.8) is 0 Å². The Morgan fingerprint density at radius 2 is 1.90 bits per heavy atom. The smallest absolute Gasteiger partial charge is 0.253 e. The van der Waals surface area contributed by atoms with Crippen LogP contribution in [0.25, 0.3) is 11.4 Å². The highest BCUT2D eigenvalue weighted by Gasteiger charge is 2.19. The van der Waals surface area contributed by atoms with Gasteiger partial charge in [-0.25, -0.2) is 0 Å². The van der Waals surface area contributed by atoms with E-state index in [4.69, 9.17) is 14.0 Å². The SMILES string of the molecule is CC(C)CN(CCc1nc(-c2ccc3c(c2)OCO3)no1)C(=O)c1ccccc1. The van der Waals surface area contributed by atoms with E-state index >= 15 is 0 Å². The third-order valence-electron chi connectivity index (χ3n) is 4.59. The number of carbonyl (C=O) groups is 1. The third kappa shape index (κ3) is 4.39. The Labute approximate surface area is 169 Å². The van der Waals surface area contributed by atoms with Crippen LogP contribution in [0.3, 0.4) is 0 Å². The lowest BCUT2D eigenvalue weighted by Gasteiger charge is -2.24. The topological polar surface area (TPSA) is 77.7 Å². The maximum absolute atomic E-state index is 12.9. The molecule has 29 heavy (non-hydrogen) atoms. The highest BCUT2D eigenvalue weighted by atomic mass is 16.7. The van der Waals surface area contributed by atoms with Crippen molar-refractivity contribution in [2.45, 2.75) is 20.3 Å². The number of carbonyl (C=O) groups excluding carboxylic acids is 1. The molecule has 150 valence electrons. The lowest BCUT2D eigenvalue weighted by molar-refractivity contribution is 0.0734. The molecule has 0 spiro atoms. The van der Waals surface area contributed by atoms with Gasteiger partial charge < -0.3 is 18.9 Å². The standard InChI is InChI=1S/C22H23N3O4/c1-15(2)13-25(22(26)16-6-4-3-5-7-16)11-10-20-23-21(24-29-20)17-8-9-18-19(12-17)28-14-27-18/h3-9,12,15H,10-11,13-14H2,1-2H3. The maximum Gasteiger partial charge on any atom is 0.253 e. The molecule has 0 saturated heterocycles. The molecule has 7 nitrogen and oxygen atoms in total. The fraction of sp³-hybridized carbons (Fsp3) is 0.318. The molecule has 0 fully saturated rings. The van der Waals surface area contributed by atoms with E-state index in [9.17, 15) is 4.79 Å². The Kier molecular flexibility index (Phi) is 5.46. The highest BCUT2D eigenvalue weighted by Crippen LogP contribution is 2.35. The Morgan fingerprint density at radius 3 is 2.69 bits per heavy atom. The normalized spacial score (nSPS) is 12.4. The molecular weight excluding hydrogens is 370 g/mol. The molecule has 0 saturated carbocycles. The van der Waals surface area contributed by atoms with Crippen LogP contribution in [0, 0.1) is 5.92 Å². The van der Waals surface area contributed by atoms with Gasteiger partial charge in [-0.2, -0.15) is 4.98 Å². The van der Waals surface area contributed by atoms with E-state index in [0.29, 0.717) is 54.2 Å². The molecule has 1 aliphatic rings. The molecule has 0 radical (unpaired) electrons. The molecule has 1 amide bonds. The molecule has 1 aliphatic heterocycles. The molecule has 1 aromatic heterocycles. The van der Waals surface area contributed by atoms with Gasteiger partial charge in [0.2, 0.25) is 18.5 Å². The Morgan fingerprint density at radius 1 is 1.10 bits per heavy atom. The molecule has 2 aromatic carbocycles. The van der Waals surface area contributed by atoms with E-state index in [1.165, 1.54) is 0 Å². The predicted octanol–water partition coefficient (Wildman–Crippen LogP) is 3.81. The molecule has 0 aliphatic carbocycles. The van der Waals surface area contributed by atoms with Gasteiger partial charge >= 0.3 is 0 Å². The predicted molar refractivity (Wildman–Crippen MR) is 107 cm³/mol. The van der Waals surface area contributed by atoms with Gasteiger partial charge in [0.1, 0.15) is 0 Å². The molecular formula is C22H23N3O4. The van der Waals surface area contributed by atoms with Crippen molar-refractivity contribution in [3.05, 3.63) is 60.0 Å². The van der Waals surface area contributed by atoms with Crippen molar-refractivity contribution in [1.82, 2.24) is 15.0 Å². The molecule has 0 N–H and O–H groups in total. The zero-order valence-electron chi connectivity index (χ0n) is 16.5. The Bertz CT molecular complexity index is 985. The molecule has 4 rings (SSSR count). The third-order valence-corrected chi connectivity index (χ3v) is 4.59. The molecule has 3 aromatic rings. The van der Waals surface area contributed by atoms with Gasteiger partial charge in [-0.05, 0) is 36.2 Å². The average Bonchev–Trinajstić information content (AvgIpc) is 3.39. The van der Waals surface area contributed by atoms with E-state index < -0.39 is 0 Å². The zero-order chi connectivity index (χ0) is 20.2. The van der Waals surface area contributed by atoms with E-state index in [-0.39, 0.29) is 12.7 Å². The Hall–Kier alpha value is -3.35. The summed E-state index contributed by atoms with van der Waals surface area (Å²) in [4.78, 5) is 19.2. The second-order valence-corrected chi connectivity index (χ2v) is 7.34. The summed E-state index contributed by atoms with van der Waals surface area (Å²) in [5.74, 6) is 2.73.